The van der Waals surface area contributed by atoms with Gasteiger partial charge in [-0.15, -0.1) is 0 Å². The fourth-order valence-electron chi connectivity index (χ4n) is 2.50. The highest BCUT2D eigenvalue weighted by molar-refractivity contribution is 7.59. The van der Waals surface area contributed by atoms with Crippen molar-refractivity contribution in [1.29, 1.82) is 0 Å². The Bertz CT molecular complexity index is 670. The van der Waals surface area contributed by atoms with Gasteiger partial charge in [-0.1, -0.05) is 29.8 Å². The largest absolute Gasteiger partial charge is 0.496 e. The molecule has 0 saturated carbocycles. The van der Waals surface area contributed by atoms with Crippen molar-refractivity contribution >= 4 is 26.1 Å². The molecule has 0 radical (unpaired) electrons. The molecule has 23 heavy (non-hydrogen) atoms. The Labute approximate surface area is 146 Å². The molecule has 1 aromatic carbocycles. The highest BCUT2D eigenvalue weighted by atomic mass is 32.1. The van der Waals surface area contributed by atoms with Crippen molar-refractivity contribution in [3.8, 4) is 11.3 Å². The van der Waals surface area contributed by atoms with Gasteiger partial charge in [0, 0.05) is 17.2 Å². The summed E-state index contributed by atoms with van der Waals surface area (Å²) < 4.78 is 12.1. The lowest BCUT2D eigenvalue weighted by Gasteiger charge is -2.32. The van der Waals surface area contributed by atoms with Crippen LogP contribution in [0.2, 0.25) is 0 Å². The third kappa shape index (κ3) is 3.47. The molecule has 0 N–H and O–H groups in total. The fraction of sp³-hybridized carbons (Fsp3) is 0.389. The highest BCUT2D eigenvalue weighted by Gasteiger charge is 2.51. The third-order valence-electron chi connectivity index (χ3n) is 4.63. The predicted octanol–water partition coefficient (Wildman–Crippen LogP) is 3.47. The van der Waals surface area contributed by atoms with Crippen LogP contribution >= 0.6 is 13.5 Å². The van der Waals surface area contributed by atoms with Gasteiger partial charge in [0.05, 0.1) is 16.9 Å². The van der Waals surface area contributed by atoms with Crippen molar-refractivity contribution in [2.75, 3.05) is 0 Å². The van der Waals surface area contributed by atoms with Crippen molar-refractivity contribution in [1.82, 2.24) is 4.98 Å². The lowest BCUT2D eigenvalue weighted by Crippen LogP contribution is -2.41. The number of nitrogens with zero attached hydrogens (tertiary/aromatic N) is 1. The van der Waals surface area contributed by atoms with E-state index in [0.29, 0.717) is 0 Å². The predicted molar refractivity (Wildman–Crippen MR) is 101 cm³/mol. The lowest BCUT2D eigenvalue weighted by molar-refractivity contribution is 0.00578. The zero-order valence-electron chi connectivity index (χ0n) is 14.4. The van der Waals surface area contributed by atoms with E-state index in [9.17, 15) is 0 Å². The molecule has 3 nitrogen and oxygen atoms in total. The summed E-state index contributed by atoms with van der Waals surface area (Å²) in [7, 11) is -0.357. The molecule has 0 aliphatic carbocycles. The number of hydrogen-bond donors (Lipinski definition) is 0. The molecule has 1 aliphatic heterocycles. The highest BCUT2D eigenvalue weighted by Crippen LogP contribution is 2.36. The maximum Gasteiger partial charge on any atom is 0.496 e. The second-order valence-corrected chi connectivity index (χ2v) is 6.93. The molecular weight excluding hydrogens is 305 g/mol. The summed E-state index contributed by atoms with van der Waals surface area (Å²) in [6.45, 7) is 10.3. The van der Waals surface area contributed by atoms with Gasteiger partial charge in [0.1, 0.15) is 0 Å². The summed E-state index contributed by atoms with van der Waals surface area (Å²) in [5, 5.41) is 0. The zero-order chi connectivity index (χ0) is 16.0. The molecule has 1 fully saturated rings. The molecule has 2 aromatic rings. The lowest BCUT2D eigenvalue weighted by atomic mass is 9.80. The van der Waals surface area contributed by atoms with Crippen molar-refractivity contribution in [2.24, 2.45) is 0 Å². The van der Waals surface area contributed by atoms with Crippen LogP contribution in [0.4, 0.5) is 0 Å². The normalized spacial score (nSPS) is 18.6. The maximum atomic E-state index is 6.05. The minimum atomic E-state index is -0.357. The second-order valence-electron chi connectivity index (χ2n) is 6.93. The van der Waals surface area contributed by atoms with Crippen molar-refractivity contribution in [2.45, 2.75) is 45.8 Å². The van der Waals surface area contributed by atoms with E-state index >= 15 is 0 Å². The Hall–Kier alpha value is -1.30. The summed E-state index contributed by atoms with van der Waals surface area (Å²) in [5.74, 6) is 0. The van der Waals surface area contributed by atoms with Gasteiger partial charge in [-0.2, -0.15) is 13.5 Å². The van der Waals surface area contributed by atoms with Crippen molar-refractivity contribution in [3.05, 3.63) is 48.2 Å². The molecule has 1 saturated heterocycles. The number of aromatic nitrogens is 1. The van der Waals surface area contributed by atoms with Gasteiger partial charge in [0.15, 0.2) is 0 Å². The summed E-state index contributed by atoms with van der Waals surface area (Å²) in [6.07, 6.45) is 1.85. The Balaban J connectivity index is 0.00000192. The summed E-state index contributed by atoms with van der Waals surface area (Å²) in [6, 6.07) is 12.4. The van der Waals surface area contributed by atoms with Crippen LogP contribution < -0.4 is 5.46 Å². The molecule has 0 spiro atoms. The molecule has 0 bridgehead atoms. The third-order valence-corrected chi connectivity index (χ3v) is 4.63. The standard InChI is InChI=1S/C18H22BNO2.H2S/c1-13-7-6-8-14(11-13)16-10-9-15(12-20-16)19-21-17(2,3)18(4,5)22-19;/h6-12H,1-5H3;1H2. The van der Waals surface area contributed by atoms with Gasteiger partial charge in [-0.05, 0) is 46.8 Å². The van der Waals surface area contributed by atoms with Crippen LogP contribution in [0.25, 0.3) is 11.3 Å². The molecule has 5 heteroatoms. The average molecular weight is 329 g/mol. The number of benzene rings is 1. The quantitative estimate of drug-likeness (QED) is 0.791. The molecule has 0 amide bonds. The molecule has 2 heterocycles. The van der Waals surface area contributed by atoms with E-state index in [1.54, 1.807) is 0 Å². The van der Waals surface area contributed by atoms with Gasteiger partial charge in [-0.25, -0.2) is 0 Å². The maximum absolute atomic E-state index is 6.05. The van der Waals surface area contributed by atoms with Crippen LogP contribution in [0.15, 0.2) is 42.6 Å². The zero-order valence-corrected chi connectivity index (χ0v) is 15.4. The summed E-state index contributed by atoms with van der Waals surface area (Å²) >= 11 is 0. The Kier molecular flexibility index (Phi) is 4.95. The molecule has 0 atom stereocenters. The van der Waals surface area contributed by atoms with Crippen LogP contribution in [-0.4, -0.2) is 23.3 Å². The smallest absolute Gasteiger partial charge is 0.399 e. The van der Waals surface area contributed by atoms with Crippen LogP contribution in [0, 0.1) is 6.92 Å². The topological polar surface area (TPSA) is 31.4 Å². The van der Waals surface area contributed by atoms with Crippen molar-refractivity contribution in [3.63, 3.8) is 0 Å². The first-order valence-electron chi connectivity index (χ1n) is 7.67. The van der Waals surface area contributed by atoms with Crippen LogP contribution in [0.1, 0.15) is 33.3 Å². The first kappa shape index (κ1) is 18.0. The second kappa shape index (κ2) is 6.31. The van der Waals surface area contributed by atoms with Crippen molar-refractivity contribution < 1.29 is 9.31 Å². The molecular formula is C18H24BNO2S. The molecule has 122 valence electrons. The van der Waals surface area contributed by atoms with Gasteiger partial charge in [0.2, 0.25) is 0 Å². The first-order valence-corrected chi connectivity index (χ1v) is 7.67. The van der Waals surface area contributed by atoms with Crippen LogP contribution in [0.3, 0.4) is 0 Å². The van der Waals surface area contributed by atoms with E-state index in [2.05, 4.69) is 63.9 Å². The molecule has 1 aliphatic rings. The minimum absolute atomic E-state index is 0. The number of hydrogen-bond acceptors (Lipinski definition) is 3. The van der Waals surface area contributed by atoms with Gasteiger partial charge in [0.25, 0.3) is 0 Å². The van der Waals surface area contributed by atoms with E-state index in [1.165, 1.54) is 5.56 Å². The van der Waals surface area contributed by atoms with E-state index in [0.717, 1.165) is 16.7 Å². The SMILES string of the molecule is Cc1cccc(-c2ccc(B3OC(C)(C)C(C)(C)O3)cn2)c1.S. The van der Waals surface area contributed by atoms with Gasteiger partial charge >= 0.3 is 7.12 Å². The number of pyridine rings is 1. The van der Waals surface area contributed by atoms with Crippen LogP contribution in [-0.2, 0) is 9.31 Å². The van der Waals surface area contributed by atoms with E-state index in [1.807, 2.05) is 18.3 Å². The molecule has 1 aromatic heterocycles. The van der Waals surface area contributed by atoms with E-state index < -0.39 is 0 Å². The number of rotatable bonds is 2. The summed E-state index contributed by atoms with van der Waals surface area (Å²) in [5.41, 5.74) is 3.62. The monoisotopic (exact) mass is 329 g/mol. The van der Waals surface area contributed by atoms with Gasteiger partial charge < -0.3 is 9.31 Å². The van der Waals surface area contributed by atoms with E-state index in [4.69, 9.17) is 9.31 Å². The molecule has 3 rings (SSSR count). The van der Waals surface area contributed by atoms with Crippen LogP contribution in [0.5, 0.6) is 0 Å². The fourth-order valence-corrected chi connectivity index (χ4v) is 2.50. The Morgan fingerprint density at radius 1 is 0.957 bits per heavy atom. The Morgan fingerprint density at radius 2 is 1.61 bits per heavy atom. The Morgan fingerprint density at radius 3 is 2.13 bits per heavy atom. The van der Waals surface area contributed by atoms with E-state index in [-0.39, 0.29) is 31.8 Å². The first-order chi connectivity index (χ1) is 10.3. The van der Waals surface area contributed by atoms with Gasteiger partial charge in [-0.3, -0.25) is 4.98 Å². The number of aryl methyl sites for hydroxylation is 1. The summed E-state index contributed by atoms with van der Waals surface area (Å²) in [4.78, 5) is 4.57. The average Bonchev–Trinajstić information content (AvgIpc) is 2.68. The molecule has 0 unspecified atom stereocenters. The minimum Gasteiger partial charge on any atom is -0.399 e.